The molecule has 5 nitrogen and oxygen atoms in total. The van der Waals surface area contributed by atoms with Gasteiger partial charge >= 0.3 is 5.69 Å². The molecule has 1 aromatic heterocycles. The van der Waals surface area contributed by atoms with E-state index in [4.69, 9.17) is 0 Å². The van der Waals surface area contributed by atoms with Crippen LogP contribution in [0.25, 0.3) is 11.0 Å². The molecule has 0 aliphatic carbocycles. The van der Waals surface area contributed by atoms with Crippen LogP contribution in [0.4, 0.5) is 0 Å². The molecule has 5 heteroatoms. The van der Waals surface area contributed by atoms with Crippen LogP contribution in [-0.2, 0) is 24.3 Å². The van der Waals surface area contributed by atoms with Gasteiger partial charge in [-0.05, 0) is 37.5 Å². The number of aromatic nitrogens is 2. The lowest BCUT2D eigenvalue weighted by Crippen LogP contribution is -2.33. The van der Waals surface area contributed by atoms with Gasteiger partial charge in [0.2, 0.25) is 5.91 Å². The van der Waals surface area contributed by atoms with Gasteiger partial charge in [0.05, 0.1) is 11.0 Å². The third-order valence-corrected chi connectivity index (χ3v) is 4.35. The third kappa shape index (κ3) is 3.82. The van der Waals surface area contributed by atoms with E-state index in [2.05, 4.69) is 17.4 Å². The van der Waals surface area contributed by atoms with Crippen LogP contribution in [0.5, 0.6) is 0 Å². The molecule has 0 radical (unpaired) electrons. The Morgan fingerprint density at radius 1 is 0.960 bits per heavy atom. The molecule has 0 fully saturated rings. The fourth-order valence-corrected chi connectivity index (χ4v) is 3.10. The second-order valence-corrected chi connectivity index (χ2v) is 6.04. The maximum Gasteiger partial charge on any atom is 0.329 e. The third-order valence-electron chi connectivity index (χ3n) is 4.35. The van der Waals surface area contributed by atoms with Crippen molar-refractivity contribution in [3.63, 3.8) is 0 Å². The van der Waals surface area contributed by atoms with Crippen LogP contribution in [-0.4, -0.2) is 21.6 Å². The lowest BCUT2D eigenvalue weighted by Gasteiger charge is -2.06. The minimum absolute atomic E-state index is 0.0533. The van der Waals surface area contributed by atoms with Gasteiger partial charge in [-0.2, -0.15) is 0 Å². The lowest BCUT2D eigenvalue weighted by molar-refractivity contribution is -0.121. The van der Waals surface area contributed by atoms with E-state index in [1.807, 2.05) is 49.4 Å². The number of rotatable bonds is 7. The summed E-state index contributed by atoms with van der Waals surface area (Å²) in [4.78, 5) is 24.8. The Hall–Kier alpha value is -2.82. The molecule has 0 bridgehead atoms. The van der Waals surface area contributed by atoms with E-state index in [9.17, 15) is 9.59 Å². The zero-order valence-electron chi connectivity index (χ0n) is 14.4. The Morgan fingerprint density at radius 2 is 1.60 bits per heavy atom. The highest BCUT2D eigenvalue weighted by Crippen LogP contribution is 2.12. The highest BCUT2D eigenvalue weighted by molar-refractivity contribution is 5.80. The molecule has 0 saturated carbocycles. The minimum atomic E-state index is -0.136. The summed E-state index contributed by atoms with van der Waals surface area (Å²) in [5.41, 5.74) is 2.79. The maximum atomic E-state index is 12.5. The number of aryl methyl sites for hydroxylation is 2. The number of para-hydroxylation sites is 2. The second-order valence-electron chi connectivity index (χ2n) is 6.04. The molecule has 0 aliphatic heterocycles. The number of carbonyl (C=O) groups excluding carboxylic acids is 1. The zero-order valence-corrected chi connectivity index (χ0v) is 14.4. The van der Waals surface area contributed by atoms with E-state index < -0.39 is 0 Å². The molecule has 1 N–H and O–H groups in total. The van der Waals surface area contributed by atoms with Crippen LogP contribution in [0, 0.1) is 0 Å². The van der Waals surface area contributed by atoms with Crippen molar-refractivity contribution in [3.8, 4) is 0 Å². The van der Waals surface area contributed by atoms with Crippen LogP contribution in [0.2, 0.25) is 0 Å². The predicted molar refractivity (Wildman–Crippen MR) is 99.6 cm³/mol. The number of hydrogen-bond acceptors (Lipinski definition) is 2. The second kappa shape index (κ2) is 7.83. The summed E-state index contributed by atoms with van der Waals surface area (Å²) in [6, 6.07) is 17.8. The van der Waals surface area contributed by atoms with E-state index in [0.717, 1.165) is 23.9 Å². The largest absolute Gasteiger partial charge is 0.355 e. The number of hydrogen-bond donors (Lipinski definition) is 1. The van der Waals surface area contributed by atoms with Crippen LogP contribution in [0.15, 0.2) is 59.4 Å². The Morgan fingerprint density at radius 3 is 2.28 bits per heavy atom. The summed E-state index contributed by atoms with van der Waals surface area (Å²) >= 11 is 0. The van der Waals surface area contributed by atoms with Crippen LogP contribution < -0.4 is 11.0 Å². The normalized spacial score (nSPS) is 10.9. The topological polar surface area (TPSA) is 56.0 Å². The average Bonchev–Trinajstić information content (AvgIpc) is 2.91. The van der Waals surface area contributed by atoms with Gasteiger partial charge < -0.3 is 5.32 Å². The highest BCUT2D eigenvalue weighted by atomic mass is 16.2. The van der Waals surface area contributed by atoms with E-state index in [0.29, 0.717) is 13.1 Å². The van der Waals surface area contributed by atoms with Gasteiger partial charge in [-0.15, -0.1) is 0 Å². The van der Waals surface area contributed by atoms with Crippen molar-refractivity contribution in [2.24, 2.45) is 0 Å². The smallest absolute Gasteiger partial charge is 0.329 e. The average molecular weight is 337 g/mol. The van der Waals surface area contributed by atoms with Gasteiger partial charge in [-0.1, -0.05) is 42.5 Å². The number of nitrogens with one attached hydrogen (secondary N) is 1. The zero-order chi connectivity index (χ0) is 17.6. The summed E-state index contributed by atoms with van der Waals surface area (Å²) in [5, 5.41) is 2.91. The van der Waals surface area contributed by atoms with E-state index in [1.54, 1.807) is 9.13 Å². The number of fused-ring (bicyclic) bond motifs is 1. The van der Waals surface area contributed by atoms with Crippen LogP contribution in [0.3, 0.4) is 0 Å². The SMILES string of the molecule is CCn1c(=O)n(CC(=O)NCCCc2ccccc2)c2ccccc21. The van der Waals surface area contributed by atoms with Gasteiger partial charge in [0, 0.05) is 13.1 Å². The maximum absolute atomic E-state index is 12.5. The molecule has 1 heterocycles. The monoisotopic (exact) mass is 337 g/mol. The van der Waals surface area contributed by atoms with Crippen molar-refractivity contribution in [1.82, 2.24) is 14.5 Å². The first kappa shape index (κ1) is 17.0. The molecular formula is C20H23N3O2. The Labute approximate surface area is 146 Å². The van der Waals surface area contributed by atoms with Gasteiger partial charge in [-0.25, -0.2) is 4.79 Å². The fourth-order valence-electron chi connectivity index (χ4n) is 3.10. The van der Waals surface area contributed by atoms with E-state index in [-0.39, 0.29) is 18.1 Å². The Bertz CT molecular complexity index is 910. The quantitative estimate of drug-likeness (QED) is 0.674. The number of nitrogens with zero attached hydrogens (tertiary/aromatic N) is 2. The number of benzene rings is 2. The molecule has 3 rings (SSSR count). The first-order valence-electron chi connectivity index (χ1n) is 8.69. The number of amides is 1. The summed E-state index contributed by atoms with van der Waals surface area (Å²) in [5.74, 6) is -0.130. The van der Waals surface area contributed by atoms with Crippen molar-refractivity contribution in [2.75, 3.05) is 6.54 Å². The van der Waals surface area contributed by atoms with E-state index >= 15 is 0 Å². The molecule has 0 unspecified atom stereocenters. The number of carbonyl (C=O) groups is 1. The van der Waals surface area contributed by atoms with Gasteiger partial charge in [0.25, 0.3) is 0 Å². The predicted octanol–water partition coefficient (Wildman–Crippen LogP) is 2.57. The van der Waals surface area contributed by atoms with Crippen molar-refractivity contribution in [2.45, 2.75) is 32.9 Å². The minimum Gasteiger partial charge on any atom is -0.355 e. The molecule has 0 spiro atoms. The molecule has 1 amide bonds. The van der Waals surface area contributed by atoms with Crippen molar-refractivity contribution in [1.29, 1.82) is 0 Å². The van der Waals surface area contributed by atoms with Gasteiger partial charge in [-0.3, -0.25) is 13.9 Å². The lowest BCUT2D eigenvalue weighted by atomic mass is 10.1. The first-order valence-corrected chi connectivity index (χ1v) is 8.69. The molecule has 0 atom stereocenters. The van der Waals surface area contributed by atoms with E-state index in [1.165, 1.54) is 5.56 Å². The molecule has 0 saturated heterocycles. The van der Waals surface area contributed by atoms with Crippen molar-refractivity contribution >= 4 is 16.9 Å². The van der Waals surface area contributed by atoms with Crippen molar-refractivity contribution < 1.29 is 4.79 Å². The van der Waals surface area contributed by atoms with Gasteiger partial charge in [0.15, 0.2) is 0 Å². The molecule has 0 aliphatic rings. The Balaban J connectivity index is 1.61. The standard InChI is InChI=1S/C20H23N3O2/c1-2-22-17-12-6-7-13-18(17)23(20(22)25)15-19(24)21-14-8-11-16-9-4-3-5-10-16/h3-7,9-10,12-13H,2,8,11,14-15H2,1H3,(H,21,24). The van der Waals surface area contributed by atoms with Crippen LogP contribution >= 0.6 is 0 Å². The first-order chi connectivity index (χ1) is 12.2. The summed E-state index contributed by atoms with van der Waals surface area (Å²) in [6.07, 6.45) is 1.80. The molecule has 25 heavy (non-hydrogen) atoms. The summed E-state index contributed by atoms with van der Waals surface area (Å²) < 4.78 is 3.24. The Kier molecular flexibility index (Phi) is 5.33. The van der Waals surface area contributed by atoms with Crippen LogP contribution in [0.1, 0.15) is 18.9 Å². The molecule has 130 valence electrons. The summed E-state index contributed by atoms with van der Waals surface area (Å²) in [6.45, 7) is 3.18. The number of imidazole rings is 1. The highest BCUT2D eigenvalue weighted by Gasteiger charge is 2.13. The molecular weight excluding hydrogens is 314 g/mol. The fraction of sp³-hybridized carbons (Fsp3) is 0.300. The van der Waals surface area contributed by atoms with Gasteiger partial charge in [0.1, 0.15) is 6.54 Å². The molecule has 2 aromatic carbocycles. The van der Waals surface area contributed by atoms with Crippen molar-refractivity contribution in [3.05, 3.63) is 70.6 Å². The molecule has 3 aromatic rings. The summed E-state index contributed by atoms with van der Waals surface area (Å²) in [7, 11) is 0.